The maximum absolute atomic E-state index is 12.7. The van der Waals surface area contributed by atoms with Crippen molar-refractivity contribution >= 4 is 0 Å². The van der Waals surface area contributed by atoms with E-state index in [4.69, 9.17) is 6.42 Å². The number of benzene rings is 1. The lowest BCUT2D eigenvalue weighted by atomic mass is 10.1. The van der Waals surface area contributed by atoms with Crippen LogP contribution in [0.25, 0.3) is 0 Å². The first-order valence-electron chi connectivity index (χ1n) is 4.11. The summed E-state index contributed by atoms with van der Waals surface area (Å²) in [6, 6.07) is 5.92. The zero-order chi connectivity index (χ0) is 9.68. The maximum Gasteiger partial charge on any atom is 0.123 e. The van der Waals surface area contributed by atoms with Crippen LogP contribution in [0.4, 0.5) is 4.39 Å². The van der Waals surface area contributed by atoms with E-state index >= 15 is 0 Å². The molecule has 1 rings (SSSR count). The number of aliphatic hydroxyl groups excluding tert-OH is 1. The van der Waals surface area contributed by atoms with Crippen LogP contribution in [0.3, 0.4) is 0 Å². The van der Waals surface area contributed by atoms with Gasteiger partial charge in [0.05, 0.1) is 6.10 Å². The molecular weight excluding hydrogens is 167 g/mol. The van der Waals surface area contributed by atoms with Gasteiger partial charge in [0.1, 0.15) is 5.82 Å². The molecule has 1 atom stereocenters. The van der Waals surface area contributed by atoms with Gasteiger partial charge < -0.3 is 5.11 Å². The van der Waals surface area contributed by atoms with Crippen LogP contribution < -0.4 is 0 Å². The monoisotopic (exact) mass is 178 g/mol. The van der Waals surface area contributed by atoms with Crippen molar-refractivity contribution in [2.45, 2.75) is 18.9 Å². The highest BCUT2D eigenvalue weighted by atomic mass is 19.1. The zero-order valence-corrected chi connectivity index (χ0v) is 7.20. The highest BCUT2D eigenvalue weighted by Gasteiger charge is 2.06. The molecule has 0 aliphatic carbocycles. The van der Waals surface area contributed by atoms with Gasteiger partial charge in [0.25, 0.3) is 0 Å². The Balaban J connectivity index is 2.66. The van der Waals surface area contributed by atoms with E-state index in [9.17, 15) is 9.50 Å². The van der Waals surface area contributed by atoms with Crippen molar-refractivity contribution in [2.24, 2.45) is 0 Å². The topological polar surface area (TPSA) is 20.2 Å². The predicted octanol–water partition coefficient (Wildman–Crippen LogP) is 2.27. The summed E-state index contributed by atoms with van der Waals surface area (Å²) in [6.07, 6.45) is 5.36. The molecular formula is C11H11FO. The van der Waals surface area contributed by atoms with Crippen LogP contribution in [0.15, 0.2) is 24.3 Å². The lowest BCUT2D eigenvalue weighted by Crippen LogP contribution is -1.96. The molecule has 1 N–H and O–H groups in total. The molecule has 2 heteroatoms. The van der Waals surface area contributed by atoms with Gasteiger partial charge >= 0.3 is 0 Å². The van der Waals surface area contributed by atoms with Crippen molar-refractivity contribution in [1.82, 2.24) is 0 Å². The van der Waals surface area contributed by atoms with Crippen LogP contribution in [-0.4, -0.2) is 5.11 Å². The minimum Gasteiger partial charge on any atom is -0.388 e. The van der Waals surface area contributed by atoms with Gasteiger partial charge in [0.15, 0.2) is 0 Å². The second kappa shape index (κ2) is 4.64. The molecule has 1 aromatic carbocycles. The highest BCUT2D eigenvalue weighted by Crippen LogP contribution is 2.18. The van der Waals surface area contributed by atoms with Crippen LogP contribution in [0, 0.1) is 18.2 Å². The van der Waals surface area contributed by atoms with Gasteiger partial charge in [-0.3, -0.25) is 0 Å². The number of halogens is 1. The Morgan fingerprint density at radius 2 is 2.31 bits per heavy atom. The molecule has 0 saturated heterocycles. The second-order valence-electron chi connectivity index (χ2n) is 2.81. The summed E-state index contributed by atoms with van der Waals surface area (Å²) >= 11 is 0. The molecule has 1 nitrogen and oxygen atoms in total. The van der Waals surface area contributed by atoms with E-state index in [1.165, 1.54) is 12.1 Å². The number of aliphatic hydroxyl groups is 1. The van der Waals surface area contributed by atoms with E-state index in [2.05, 4.69) is 5.92 Å². The number of hydrogen-bond donors (Lipinski definition) is 1. The molecule has 1 aromatic rings. The van der Waals surface area contributed by atoms with Gasteiger partial charge in [-0.25, -0.2) is 4.39 Å². The zero-order valence-electron chi connectivity index (χ0n) is 7.20. The van der Waals surface area contributed by atoms with Crippen molar-refractivity contribution in [3.8, 4) is 12.3 Å². The molecule has 0 spiro atoms. The molecule has 0 fully saturated rings. The number of terminal acetylenes is 1. The lowest BCUT2D eigenvalue weighted by molar-refractivity contribution is 0.169. The third-order valence-electron chi connectivity index (χ3n) is 1.80. The minimum atomic E-state index is -0.660. The van der Waals surface area contributed by atoms with Crippen LogP contribution in [-0.2, 0) is 0 Å². The molecule has 0 aliphatic heterocycles. The van der Waals surface area contributed by atoms with Crippen molar-refractivity contribution in [2.75, 3.05) is 0 Å². The second-order valence-corrected chi connectivity index (χ2v) is 2.81. The van der Waals surface area contributed by atoms with Crippen LogP contribution >= 0.6 is 0 Å². The molecule has 0 heterocycles. The molecule has 0 radical (unpaired) electrons. The average Bonchev–Trinajstić information content (AvgIpc) is 2.14. The Morgan fingerprint density at radius 3 is 2.92 bits per heavy atom. The van der Waals surface area contributed by atoms with Crippen molar-refractivity contribution < 1.29 is 9.50 Å². The van der Waals surface area contributed by atoms with Crippen LogP contribution in [0.2, 0.25) is 0 Å². The Labute approximate surface area is 77.2 Å². The minimum absolute atomic E-state index is 0.336. The van der Waals surface area contributed by atoms with Gasteiger partial charge in [-0.1, -0.05) is 12.1 Å². The standard InChI is InChI=1S/C11H11FO/c1-2-3-7-11(13)9-5-4-6-10(12)8-9/h1,4-6,8,11,13H,3,7H2. The van der Waals surface area contributed by atoms with Gasteiger partial charge in [0.2, 0.25) is 0 Å². The molecule has 1 unspecified atom stereocenters. The van der Waals surface area contributed by atoms with E-state index in [-0.39, 0.29) is 5.82 Å². The molecule has 68 valence electrons. The quantitative estimate of drug-likeness (QED) is 0.704. The van der Waals surface area contributed by atoms with E-state index in [1.54, 1.807) is 12.1 Å². The first-order chi connectivity index (χ1) is 6.24. The average molecular weight is 178 g/mol. The molecule has 0 amide bonds. The molecule has 13 heavy (non-hydrogen) atoms. The van der Waals surface area contributed by atoms with E-state index < -0.39 is 6.10 Å². The van der Waals surface area contributed by atoms with Crippen molar-refractivity contribution in [3.05, 3.63) is 35.6 Å². The Hall–Kier alpha value is -1.33. The molecule has 0 aromatic heterocycles. The summed E-state index contributed by atoms with van der Waals surface area (Å²) in [5.41, 5.74) is 0.579. The van der Waals surface area contributed by atoms with Gasteiger partial charge in [-0.15, -0.1) is 12.3 Å². The van der Waals surface area contributed by atoms with Gasteiger partial charge in [-0.2, -0.15) is 0 Å². The fourth-order valence-corrected chi connectivity index (χ4v) is 1.10. The molecule has 0 saturated carbocycles. The van der Waals surface area contributed by atoms with Crippen LogP contribution in [0.1, 0.15) is 24.5 Å². The summed E-state index contributed by atoms with van der Waals surface area (Å²) in [7, 11) is 0. The predicted molar refractivity (Wildman–Crippen MR) is 49.4 cm³/mol. The maximum atomic E-state index is 12.7. The third-order valence-corrected chi connectivity index (χ3v) is 1.80. The Bertz CT molecular complexity index is 314. The van der Waals surface area contributed by atoms with E-state index in [0.29, 0.717) is 18.4 Å². The Kier molecular flexibility index (Phi) is 3.48. The first kappa shape index (κ1) is 9.76. The SMILES string of the molecule is C#CCCC(O)c1cccc(F)c1. The first-order valence-corrected chi connectivity index (χ1v) is 4.11. The number of hydrogen-bond acceptors (Lipinski definition) is 1. The normalized spacial score (nSPS) is 12.1. The fourth-order valence-electron chi connectivity index (χ4n) is 1.10. The van der Waals surface area contributed by atoms with Crippen molar-refractivity contribution in [1.29, 1.82) is 0 Å². The number of rotatable bonds is 3. The fraction of sp³-hybridized carbons (Fsp3) is 0.273. The third kappa shape index (κ3) is 2.89. The largest absolute Gasteiger partial charge is 0.388 e. The summed E-state index contributed by atoms with van der Waals surface area (Å²) < 4.78 is 12.7. The van der Waals surface area contributed by atoms with E-state index in [1.807, 2.05) is 0 Å². The summed E-state index contributed by atoms with van der Waals surface area (Å²) in [6.45, 7) is 0. The van der Waals surface area contributed by atoms with Crippen LogP contribution in [0.5, 0.6) is 0 Å². The Morgan fingerprint density at radius 1 is 1.54 bits per heavy atom. The smallest absolute Gasteiger partial charge is 0.123 e. The van der Waals surface area contributed by atoms with E-state index in [0.717, 1.165) is 0 Å². The lowest BCUT2D eigenvalue weighted by Gasteiger charge is -2.08. The molecule has 0 bridgehead atoms. The molecule has 0 aliphatic rings. The van der Waals surface area contributed by atoms with Gasteiger partial charge in [0, 0.05) is 6.42 Å². The van der Waals surface area contributed by atoms with Gasteiger partial charge in [-0.05, 0) is 24.1 Å². The summed E-state index contributed by atoms with van der Waals surface area (Å²) in [4.78, 5) is 0. The summed E-state index contributed by atoms with van der Waals surface area (Å²) in [5, 5.41) is 9.51. The highest BCUT2D eigenvalue weighted by molar-refractivity contribution is 5.18. The van der Waals surface area contributed by atoms with Crippen molar-refractivity contribution in [3.63, 3.8) is 0 Å². The summed E-state index contributed by atoms with van der Waals surface area (Å²) in [5.74, 6) is 2.09.